The van der Waals surface area contributed by atoms with Crippen molar-refractivity contribution in [3.63, 3.8) is 0 Å². The summed E-state index contributed by atoms with van der Waals surface area (Å²) in [5, 5.41) is 5.74. The van der Waals surface area contributed by atoms with E-state index in [1.165, 1.54) is 10.9 Å². The summed E-state index contributed by atoms with van der Waals surface area (Å²) in [6.45, 7) is 2.10. The fourth-order valence-corrected chi connectivity index (χ4v) is 3.48. The van der Waals surface area contributed by atoms with Gasteiger partial charge in [0.2, 0.25) is 5.95 Å². The first-order valence-electron chi connectivity index (χ1n) is 9.90. The normalized spacial score (nSPS) is 10.8. The maximum atomic E-state index is 4.73. The van der Waals surface area contributed by atoms with E-state index >= 15 is 0 Å². The molecule has 1 N–H and O–H groups in total. The van der Waals surface area contributed by atoms with E-state index in [4.69, 9.17) is 15.0 Å². The van der Waals surface area contributed by atoms with E-state index < -0.39 is 0 Å². The third-order valence-electron chi connectivity index (χ3n) is 4.98. The summed E-state index contributed by atoms with van der Waals surface area (Å²) in [5.41, 5.74) is 4.09. The van der Waals surface area contributed by atoms with Gasteiger partial charge in [-0.25, -0.2) is 4.98 Å². The Hall–Kier alpha value is -4.05. The van der Waals surface area contributed by atoms with Crippen molar-refractivity contribution in [1.29, 1.82) is 0 Å². The average molecular weight is 388 g/mol. The van der Waals surface area contributed by atoms with E-state index in [2.05, 4.69) is 42.6 Å². The van der Waals surface area contributed by atoms with Crippen molar-refractivity contribution >= 4 is 22.4 Å². The van der Waals surface area contributed by atoms with Gasteiger partial charge in [-0.05, 0) is 24.4 Å². The molecule has 5 aromatic rings. The molecule has 0 atom stereocenters. The molecule has 0 spiro atoms. The predicted molar refractivity (Wildman–Crippen MR) is 123 cm³/mol. The van der Waals surface area contributed by atoms with E-state index in [9.17, 15) is 0 Å². The molecule has 1 aromatic heterocycles. The Labute approximate surface area is 175 Å². The van der Waals surface area contributed by atoms with Crippen molar-refractivity contribution in [2.45, 2.75) is 6.92 Å². The van der Waals surface area contributed by atoms with Crippen LogP contribution in [0.2, 0.25) is 0 Å². The summed E-state index contributed by atoms with van der Waals surface area (Å²) in [5.74, 6) is 1.81. The van der Waals surface area contributed by atoms with Crippen LogP contribution in [0.25, 0.3) is 33.5 Å². The van der Waals surface area contributed by atoms with Gasteiger partial charge < -0.3 is 5.32 Å². The third kappa shape index (κ3) is 3.63. The van der Waals surface area contributed by atoms with Crippen molar-refractivity contribution in [2.75, 3.05) is 5.32 Å². The molecule has 4 aromatic carbocycles. The lowest BCUT2D eigenvalue weighted by Crippen LogP contribution is -2.03. The van der Waals surface area contributed by atoms with Crippen molar-refractivity contribution in [1.82, 2.24) is 15.0 Å². The molecule has 0 saturated heterocycles. The Morgan fingerprint density at radius 3 is 1.87 bits per heavy atom. The summed E-state index contributed by atoms with van der Waals surface area (Å²) in [6.07, 6.45) is 0. The third-order valence-corrected chi connectivity index (χ3v) is 4.98. The van der Waals surface area contributed by atoms with Gasteiger partial charge in [-0.2, -0.15) is 9.97 Å². The van der Waals surface area contributed by atoms with Gasteiger partial charge in [0, 0.05) is 22.2 Å². The van der Waals surface area contributed by atoms with Crippen LogP contribution < -0.4 is 5.32 Å². The smallest absolute Gasteiger partial charge is 0.231 e. The molecule has 0 aliphatic rings. The lowest BCUT2D eigenvalue weighted by Gasteiger charge is -2.12. The van der Waals surface area contributed by atoms with Crippen LogP contribution in [0.1, 0.15) is 5.56 Å². The highest BCUT2D eigenvalue weighted by Crippen LogP contribution is 2.28. The summed E-state index contributed by atoms with van der Waals surface area (Å²) in [4.78, 5) is 14.2. The van der Waals surface area contributed by atoms with Gasteiger partial charge in [0.15, 0.2) is 11.6 Å². The standard InChI is InChI=1S/C26H20N4/c1-18-15-16-19-13-8-14-23(22(19)17-18)27-26-29-24(20-9-4-2-5-10-20)28-25(30-26)21-11-6-3-7-12-21/h2-17H,1H3,(H,27,28,29,30). The van der Waals surface area contributed by atoms with Crippen LogP contribution in [-0.4, -0.2) is 15.0 Å². The number of anilines is 2. The second-order valence-electron chi connectivity index (χ2n) is 7.19. The van der Waals surface area contributed by atoms with Crippen LogP contribution in [0.4, 0.5) is 11.6 Å². The Morgan fingerprint density at radius 1 is 0.600 bits per heavy atom. The number of nitrogens with zero attached hydrogens (tertiary/aromatic N) is 3. The van der Waals surface area contributed by atoms with Gasteiger partial charge in [-0.15, -0.1) is 0 Å². The number of aromatic nitrogens is 3. The number of hydrogen-bond acceptors (Lipinski definition) is 4. The molecule has 5 rings (SSSR count). The molecular formula is C26H20N4. The van der Waals surface area contributed by atoms with Gasteiger partial charge >= 0.3 is 0 Å². The molecule has 1 heterocycles. The van der Waals surface area contributed by atoms with E-state index in [1.807, 2.05) is 66.7 Å². The highest BCUT2D eigenvalue weighted by atomic mass is 15.2. The number of nitrogens with one attached hydrogen (secondary N) is 1. The quantitative estimate of drug-likeness (QED) is 0.386. The zero-order valence-electron chi connectivity index (χ0n) is 16.6. The molecule has 0 unspecified atom stereocenters. The largest absolute Gasteiger partial charge is 0.323 e. The molecule has 0 aliphatic heterocycles. The maximum Gasteiger partial charge on any atom is 0.231 e. The molecule has 30 heavy (non-hydrogen) atoms. The molecule has 0 amide bonds. The Balaban J connectivity index is 1.64. The van der Waals surface area contributed by atoms with Gasteiger partial charge in [0.1, 0.15) is 0 Å². The first kappa shape index (κ1) is 18.0. The number of fused-ring (bicyclic) bond motifs is 1. The van der Waals surface area contributed by atoms with Crippen LogP contribution in [0.15, 0.2) is 97.1 Å². The second-order valence-corrected chi connectivity index (χ2v) is 7.19. The highest BCUT2D eigenvalue weighted by molar-refractivity contribution is 5.95. The Kier molecular flexibility index (Phi) is 4.66. The minimum atomic E-state index is 0.525. The molecule has 0 aliphatic carbocycles. The number of aryl methyl sites for hydroxylation is 1. The van der Waals surface area contributed by atoms with Crippen LogP contribution in [0.3, 0.4) is 0 Å². The molecule has 0 radical (unpaired) electrons. The Bertz CT molecular complexity index is 1260. The van der Waals surface area contributed by atoms with Crippen LogP contribution in [-0.2, 0) is 0 Å². The van der Waals surface area contributed by atoms with Crippen LogP contribution in [0.5, 0.6) is 0 Å². The minimum absolute atomic E-state index is 0.525. The summed E-state index contributed by atoms with van der Waals surface area (Å²) in [6, 6.07) is 32.6. The topological polar surface area (TPSA) is 50.7 Å². The van der Waals surface area contributed by atoms with Crippen LogP contribution in [0, 0.1) is 6.92 Å². The summed E-state index contributed by atoms with van der Waals surface area (Å²) in [7, 11) is 0. The molecule has 0 bridgehead atoms. The fraction of sp³-hybridized carbons (Fsp3) is 0.0385. The predicted octanol–water partition coefficient (Wildman–Crippen LogP) is 6.41. The maximum absolute atomic E-state index is 4.73. The van der Waals surface area contributed by atoms with Crippen LogP contribution >= 0.6 is 0 Å². The first-order chi connectivity index (χ1) is 14.8. The molecule has 4 nitrogen and oxygen atoms in total. The van der Waals surface area contributed by atoms with Gasteiger partial charge in [-0.3, -0.25) is 0 Å². The lowest BCUT2D eigenvalue weighted by molar-refractivity contribution is 1.07. The number of hydrogen-bond donors (Lipinski definition) is 1. The number of benzene rings is 4. The highest BCUT2D eigenvalue weighted by Gasteiger charge is 2.11. The molecule has 4 heteroatoms. The van der Waals surface area contributed by atoms with Crippen molar-refractivity contribution in [2.24, 2.45) is 0 Å². The fourth-order valence-electron chi connectivity index (χ4n) is 3.48. The van der Waals surface area contributed by atoms with E-state index in [1.54, 1.807) is 0 Å². The van der Waals surface area contributed by atoms with Crippen molar-refractivity contribution in [3.8, 4) is 22.8 Å². The van der Waals surface area contributed by atoms with E-state index in [0.717, 1.165) is 22.2 Å². The van der Waals surface area contributed by atoms with Gasteiger partial charge in [0.05, 0.1) is 0 Å². The molecule has 144 valence electrons. The molecule has 0 fully saturated rings. The van der Waals surface area contributed by atoms with Gasteiger partial charge in [0.25, 0.3) is 0 Å². The number of rotatable bonds is 4. The Morgan fingerprint density at radius 2 is 1.23 bits per heavy atom. The SMILES string of the molecule is Cc1ccc2cccc(Nc3nc(-c4ccccc4)nc(-c4ccccc4)n3)c2c1. The summed E-state index contributed by atoms with van der Waals surface area (Å²) >= 11 is 0. The second kappa shape index (κ2) is 7.76. The monoisotopic (exact) mass is 388 g/mol. The van der Waals surface area contributed by atoms with E-state index in [0.29, 0.717) is 17.6 Å². The average Bonchev–Trinajstić information content (AvgIpc) is 2.80. The van der Waals surface area contributed by atoms with Crippen molar-refractivity contribution < 1.29 is 0 Å². The van der Waals surface area contributed by atoms with Crippen molar-refractivity contribution in [3.05, 3.63) is 103 Å². The molecular weight excluding hydrogens is 368 g/mol. The zero-order valence-corrected chi connectivity index (χ0v) is 16.6. The van der Waals surface area contributed by atoms with Gasteiger partial charge in [-0.1, -0.05) is 90.5 Å². The zero-order chi connectivity index (χ0) is 20.3. The van der Waals surface area contributed by atoms with E-state index in [-0.39, 0.29) is 0 Å². The molecule has 0 saturated carbocycles. The minimum Gasteiger partial charge on any atom is -0.323 e. The lowest BCUT2D eigenvalue weighted by atomic mass is 10.1. The summed E-state index contributed by atoms with van der Waals surface area (Å²) < 4.78 is 0. The first-order valence-corrected chi connectivity index (χ1v) is 9.90.